The lowest BCUT2D eigenvalue weighted by atomic mass is 10.1. The highest BCUT2D eigenvalue weighted by Gasteiger charge is 2.10. The Balaban J connectivity index is 0. The molecule has 0 aliphatic carbocycles. The lowest BCUT2D eigenvalue weighted by Crippen LogP contribution is -1.88. The van der Waals surface area contributed by atoms with E-state index in [0.29, 0.717) is 6.42 Å². The van der Waals surface area contributed by atoms with Crippen LogP contribution in [-0.4, -0.2) is 27.7 Å². The Bertz CT molecular complexity index is 179. The van der Waals surface area contributed by atoms with E-state index in [1.807, 2.05) is 0 Å². The van der Waals surface area contributed by atoms with Crippen molar-refractivity contribution >= 4 is 7.60 Å². The van der Waals surface area contributed by atoms with Gasteiger partial charge in [-0.05, 0) is 13.3 Å². The van der Waals surface area contributed by atoms with Crippen LogP contribution in [0.25, 0.3) is 0 Å². The van der Waals surface area contributed by atoms with E-state index in [4.69, 9.17) is 14.9 Å². The third kappa shape index (κ3) is 26.0. The van der Waals surface area contributed by atoms with Crippen LogP contribution in [0, 0.1) is 0 Å². The molecule has 0 atom stereocenters. The van der Waals surface area contributed by atoms with Gasteiger partial charge in [-0.3, -0.25) is 4.57 Å². The lowest BCUT2D eigenvalue weighted by molar-refractivity contribution is 0.318. The molecule has 5 heteroatoms. The molecule has 0 saturated carbocycles. The number of hydrogen-bond acceptors (Lipinski definition) is 2. The van der Waals surface area contributed by atoms with Gasteiger partial charge >= 0.3 is 7.60 Å². The van der Waals surface area contributed by atoms with Crippen LogP contribution in [0.5, 0.6) is 0 Å². The average molecular weight is 268 g/mol. The SMILES string of the molecule is CCCCCCCCCCP(=O)(O)O.CCO. The highest BCUT2D eigenvalue weighted by molar-refractivity contribution is 7.51. The molecule has 0 aliphatic heterocycles. The molecule has 0 amide bonds. The number of rotatable bonds is 9. The first-order valence-corrected chi connectivity index (χ1v) is 8.43. The minimum atomic E-state index is -3.73. The van der Waals surface area contributed by atoms with Gasteiger partial charge < -0.3 is 14.9 Å². The van der Waals surface area contributed by atoms with E-state index in [1.165, 1.54) is 32.1 Å². The fourth-order valence-electron chi connectivity index (χ4n) is 1.45. The monoisotopic (exact) mass is 268 g/mol. The molecule has 3 N–H and O–H groups in total. The predicted octanol–water partition coefficient (Wildman–Crippen LogP) is 3.30. The van der Waals surface area contributed by atoms with Crippen LogP contribution in [0.4, 0.5) is 0 Å². The van der Waals surface area contributed by atoms with E-state index in [0.717, 1.165) is 12.8 Å². The minimum absolute atomic E-state index is 0.0575. The summed E-state index contributed by atoms with van der Waals surface area (Å²) in [5.41, 5.74) is 0. The molecule has 0 aromatic heterocycles. The van der Waals surface area contributed by atoms with Crippen LogP contribution in [0.2, 0.25) is 0 Å². The van der Waals surface area contributed by atoms with E-state index in [-0.39, 0.29) is 12.8 Å². The Hall–Kier alpha value is 0.110. The molecule has 17 heavy (non-hydrogen) atoms. The zero-order chi connectivity index (χ0) is 13.6. The first-order chi connectivity index (χ1) is 7.97. The van der Waals surface area contributed by atoms with Gasteiger partial charge in [-0.25, -0.2) is 0 Å². The molecular formula is C12H29O4P. The summed E-state index contributed by atoms with van der Waals surface area (Å²) < 4.78 is 10.5. The maximum absolute atomic E-state index is 10.5. The Kier molecular flexibility index (Phi) is 16.2. The minimum Gasteiger partial charge on any atom is -0.397 e. The van der Waals surface area contributed by atoms with Gasteiger partial charge in [-0.2, -0.15) is 0 Å². The smallest absolute Gasteiger partial charge is 0.325 e. The Morgan fingerprint density at radius 1 is 0.824 bits per heavy atom. The zero-order valence-corrected chi connectivity index (χ0v) is 12.2. The van der Waals surface area contributed by atoms with E-state index in [2.05, 4.69) is 6.92 Å². The molecule has 0 rings (SSSR count). The van der Waals surface area contributed by atoms with Crippen molar-refractivity contribution in [2.45, 2.75) is 65.2 Å². The van der Waals surface area contributed by atoms with Crippen molar-refractivity contribution in [2.24, 2.45) is 0 Å². The second-order valence-corrected chi connectivity index (χ2v) is 5.96. The van der Waals surface area contributed by atoms with Crippen LogP contribution < -0.4 is 0 Å². The van der Waals surface area contributed by atoms with E-state index in [9.17, 15) is 4.57 Å². The molecule has 0 heterocycles. The fourth-order valence-corrected chi connectivity index (χ4v) is 2.09. The maximum atomic E-state index is 10.5. The van der Waals surface area contributed by atoms with E-state index in [1.54, 1.807) is 6.92 Å². The standard InChI is InChI=1S/C10H23O3P.C2H6O/c1-2-3-4-5-6-7-8-9-10-14(11,12)13;1-2-3/h2-10H2,1H3,(H2,11,12,13);3H,2H2,1H3. The Morgan fingerprint density at radius 2 is 1.18 bits per heavy atom. The highest BCUT2D eigenvalue weighted by Crippen LogP contribution is 2.35. The summed E-state index contributed by atoms with van der Waals surface area (Å²) in [5, 5.41) is 7.57. The van der Waals surface area contributed by atoms with Gasteiger partial charge in [-0.15, -0.1) is 0 Å². The first-order valence-electron chi connectivity index (χ1n) is 6.63. The van der Waals surface area contributed by atoms with E-state index < -0.39 is 7.60 Å². The summed E-state index contributed by atoms with van der Waals surface area (Å²) in [4.78, 5) is 17.2. The largest absolute Gasteiger partial charge is 0.397 e. The van der Waals surface area contributed by atoms with Crippen molar-refractivity contribution in [3.05, 3.63) is 0 Å². The number of aliphatic hydroxyl groups excluding tert-OH is 1. The summed E-state index contributed by atoms with van der Waals surface area (Å²) >= 11 is 0. The zero-order valence-electron chi connectivity index (χ0n) is 11.3. The second-order valence-electron chi connectivity index (χ2n) is 4.18. The first kappa shape index (κ1) is 19.4. The third-order valence-corrected chi connectivity index (χ3v) is 3.20. The van der Waals surface area contributed by atoms with Crippen LogP contribution in [-0.2, 0) is 4.57 Å². The Labute approximate surface area is 106 Å². The van der Waals surface area contributed by atoms with Crippen LogP contribution >= 0.6 is 7.60 Å². The molecule has 0 radical (unpaired) electrons. The molecule has 0 aromatic rings. The topological polar surface area (TPSA) is 77.8 Å². The summed E-state index contributed by atoms with van der Waals surface area (Å²) in [6.07, 6.45) is 9.14. The van der Waals surface area contributed by atoms with Gasteiger partial charge in [0.25, 0.3) is 0 Å². The molecule has 0 saturated heterocycles. The molecule has 106 valence electrons. The van der Waals surface area contributed by atoms with Gasteiger partial charge in [0.05, 0.1) is 0 Å². The molecule has 0 fully saturated rings. The normalized spacial score (nSPS) is 10.9. The van der Waals surface area contributed by atoms with E-state index >= 15 is 0 Å². The summed E-state index contributed by atoms with van der Waals surface area (Å²) in [6.45, 7) is 4.13. The van der Waals surface area contributed by atoms with Crippen molar-refractivity contribution in [3.8, 4) is 0 Å². The Morgan fingerprint density at radius 3 is 1.53 bits per heavy atom. The molecule has 0 aliphatic rings. The van der Waals surface area contributed by atoms with Crippen molar-refractivity contribution in [3.63, 3.8) is 0 Å². The summed E-state index contributed by atoms with van der Waals surface area (Å²) in [7, 11) is -3.73. The quantitative estimate of drug-likeness (QED) is 0.443. The van der Waals surface area contributed by atoms with Gasteiger partial charge in [0.2, 0.25) is 0 Å². The fraction of sp³-hybridized carbons (Fsp3) is 1.00. The number of hydrogen-bond donors (Lipinski definition) is 3. The van der Waals surface area contributed by atoms with Crippen molar-refractivity contribution in [1.29, 1.82) is 0 Å². The average Bonchev–Trinajstić information content (AvgIpc) is 2.22. The molecule has 0 aromatic carbocycles. The van der Waals surface area contributed by atoms with Crippen molar-refractivity contribution in [2.75, 3.05) is 12.8 Å². The number of unbranched alkanes of at least 4 members (excludes halogenated alkanes) is 7. The van der Waals surface area contributed by atoms with Crippen molar-refractivity contribution < 1.29 is 19.5 Å². The summed E-state index contributed by atoms with van der Waals surface area (Å²) in [6, 6.07) is 0. The van der Waals surface area contributed by atoms with Crippen LogP contribution in [0.1, 0.15) is 65.2 Å². The molecule has 0 bridgehead atoms. The molecule has 4 nitrogen and oxygen atoms in total. The van der Waals surface area contributed by atoms with Gasteiger partial charge in [0.1, 0.15) is 0 Å². The predicted molar refractivity (Wildman–Crippen MR) is 72.3 cm³/mol. The molecule has 0 unspecified atom stereocenters. The van der Waals surface area contributed by atoms with Crippen LogP contribution in [0.3, 0.4) is 0 Å². The van der Waals surface area contributed by atoms with Crippen LogP contribution in [0.15, 0.2) is 0 Å². The summed E-state index contributed by atoms with van der Waals surface area (Å²) in [5.74, 6) is 0. The molecule has 0 spiro atoms. The lowest BCUT2D eigenvalue weighted by Gasteiger charge is -2.03. The highest BCUT2D eigenvalue weighted by atomic mass is 31.2. The van der Waals surface area contributed by atoms with Gasteiger partial charge in [0, 0.05) is 12.8 Å². The maximum Gasteiger partial charge on any atom is 0.325 e. The molecular weight excluding hydrogens is 239 g/mol. The second kappa shape index (κ2) is 14.2. The number of aliphatic hydroxyl groups is 1. The van der Waals surface area contributed by atoms with Gasteiger partial charge in [0.15, 0.2) is 0 Å². The van der Waals surface area contributed by atoms with Crippen molar-refractivity contribution in [1.82, 2.24) is 0 Å². The third-order valence-electron chi connectivity index (χ3n) is 2.30. The van der Waals surface area contributed by atoms with Gasteiger partial charge in [-0.1, -0.05) is 51.9 Å².